The number of hydrogen-bond acceptors (Lipinski definition) is 5. The molecule has 40 heavy (non-hydrogen) atoms. The summed E-state index contributed by atoms with van der Waals surface area (Å²) >= 11 is 0. The van der Waals surface area contributed by atoms with E-state index in [1.165, 1.54) is 11.1 Å². The average Bonchev–Trinajstić information content (AvgIpc) is 2.95. The highest BCUT2D eigenvalue weighted by Gasteiger charge is 2.25. The van der Waals surface area contributed by atoms with Crippen molar-refractivity contribution >= 4 is 12.1 Å². The fourth-order valence-electron chi connectivity index (χ4n) is 5.55. The van der Waals surface area contributed by atoms with E-state index in [1.54, 1.807) is 17.1 Å². The van der Waals surface area contributed by atoms with Crippen LogP contribution in [0.3, 0.4) is 0 Å². The Bertz CT molecular complexity index is 1320. The number of carbonyl (C=O) groups excluding carboxylic acids is 1. The van der Waals surface area contributed by atoms with Crippen LogP contribution in [0.5, 0.6) is 11.5 Å². The summed E-state index contributed by atoms with van der Waals surface area (Å²) in [7, 11) is 2.10. The molecule has 2 saturated heterocycles. The van der Waals surface area contributed by atoms with Crippen molar-refractivity contribution in [2.45, 2.75) is 32.2 Å². The van der Waals surface area contributed by atoms with Crippen LogP contribution in [0.2, 0.25) is 0 Å². The summed E-state index contributed by atoms with van der Waals surface area (Å²) in [6.45, 7) is 8.33. The van der Waals surface area contributed by atoms with E-state index >= 15 is 0 Å². The van der Waals surface area contributed by atoms with Gasteiger partial charge in [0.15, 0.2) is 23.2 Å². The number of amides is 1. The Morgan fingerprint density at radius 1 is 0.875 bits per heavy atom. The average molecular weight is 553 g/mol. The number of anilines is 1. The molecule has 3 aromatic rings. The lowest BCUT2D eigenvalue weighted by Crippen LogP contribution is -2.52. The number of hydrazine groups is 1. The molecular weight excluding hydrogens is 517 g/mol. The van der Waals surface area contributed by atoms with E-state index in [0.717, 1.165) is 76.3 Å². The molecule has 0 aromatic heterocycles. The Morgan fingerprint density at radius 2 is 1.55 bits per heavy atom. The standard InChI is InChI=1S/C31H35F3N4O2/c1-22-3-6-25(38(21-39)37-15-13-35(2)14-16-37)17-27(22)24-9-11-36(12-10-24)20-23-4-7-26(8-5-23)40-31-19-29(33)28(32)18-30(31)34/h3-8,17-19,21,24H,9-16,20H2,1-2H3. The number of likely N-dealkylation sites (N-methyl/N-ethyl adjacent to an activating group) is 1. The van der Waals surface area contributed by atoms with E-state index in [2.05, 4.69) is 40.9 Å². The van der Waals surface area contributed by atoms with Crippen molar-refractivity contribution in [1.82, 2.24) is 14.8 Å². The molecule has 1 amide bonds. The molecule has 2 aliphatic rings. The monoisotopic (exact) mass is 552 g/mol. The number of piperidine rings is 1. The largest absolute Gasteiger partial charge is 0.454 e. The highest BCUT2D eigenvalue weighted by Crippen LogP contribution is 2.34. The predicted molar refractivity (Wildman–Crippen MR) is 149 cm³/mol. The van der Waals surface area contributed by atoms with Crippen LogP contribution in [0, 0.1) is 24.4 Å². The van der Waals surface area contributed by atoms with E-state index < -0.39 is 17.5 Å². The minimum atomic E-state index is -1.25. The molecule has 0 atom stereocenters. The van der Waals surface area contributed by atoms with Gasteiger partial charge in [-0.25, -0.2) is 23.2 Å². The summed E-state index contributed by atoms with van der Waals surface area (Å²) in [5, 5.41) is 3.88. The number of benzene rings is 3. The highest BCUT2D eigenvalue weighted by atomic mass is 19.2. The molecule has 0 spiro atoms. The molecule has 2 aliphatic heterocycles. The molecule has 5 rings (SSSR count). The normalized spacial score (nSPS) is 17.6. The second-order valence-electron chi connectivity index (χ2n) is 10.7. The van der Waals surface area contributed by atoms with Crippen LogP contribution in [0.15, 0.2) is 54.6 Å². The maximum absolute atomic E-state index is 13.9. The lowest BCUT2D eigenvalue weighted by molar-refractivity contribution is -0.110. The number of likely N-dealkylation sites (tertiary alicyclic amines) is 1. The topological polar surface area (TPSA) is 39.3 Å². The molecule has 2 heterocycles. The van der Waals surface area contributed by atoms with Crippen LogP contribution in [0.1, 0.15) is 35.4 Å². The van der Waals surface area contributed by atoms with E-state index in [9.17, 15) is 18.0 Å². The van der Waals surface area contributed by atoms with Gasteiger partial charge < -0.3 is 9.64 Å². The zero-order valence-electron chi connectivity index (χ0n) is 23.0. The third kappa shape index (κ3) is 6.49. The van der Waals surface area contributed by atoms with Gasteiger partial charge in [0.25, 0.3) is 0 Å². The van der Waals surface area contributed by atoms with Crippen molar-refractivity contribution in [3.63, 3.8) is 0 Å². The highest BCUT2D eigenvalue weighted by molar-refractivity contribution is 5.74. The van der Waals surface area contributed by atoms with Crippen molar-refractivity contribution in [2.75, 3.05) is 51.3 Å². The molecule has 9 heteroatoms. The minimum Gasteiger partial charge on any atom is -0.454 e. The second-order valence-corrected chi connectivity index (χ2v) is 10.7. The number of ether oxygens (including phenoxy) is 1. The number of halogens is 3. The third-order valence-corrected chi connectivity index (χ3v) is 7.97. The van der Waals surface area contributed by atoms with Crippen LogP contribution in [0.25, 0.3) is 0 Å². The molecule has 0 unspecified atom stereocenters. The Hall–Kier alpha value is -3.40. The van der Waals surface area contributed by atoms with Gasteiger partial charge in [-0.2, -0.15) is 0 Å². The molecule has 3 aromatic carbocycles. The van der Waals surface area contributed by atoms with Gasteiger partial charge in [-0.15, -0.1) is 0 Å². The van der Waals surface area contributed by atoms with Crippen LogP contribution in [0.4, 0.5) is 18.9 Å². The minimum absolute atomic E-state index is 0.351. The molecule has 2 fully saturated rings. The summed E-state index contributed by atoms with van der Waals surface area (Å²) in [5.74, 6) is -2.94. The summed E-state index contributed by atoms with van der Waals surface area (Å²) in [6, 6.07) is 14.8. The summed E-state index contributed by atoms with van der Waals surface area (Å²) in [6.07, 6.45) is 2.97. The van der Waals surface area contributed by atoms with Gasteiger partial charge in [0.05, 0.1) is 5.69 Å². The van der Waals surface area contributed by atoms with Crippen molar-refractivity contribution in [1.29, 1.82) is 0 Å². The Balaban J connectivity index is 1.17. The molecule has 0 N–H and O–H groups in total. The summed E-state index contributed by atoms with van der Waals surface area (Å²) < 4.78 is 45.9. The number of nitrogens with zero attached hydrogens (tertiary/aromatic N) is 4. The first-order valence-electron chi connectivity index (χ1n) is 13.7. The Kier molecular flexibility index (Phi) is 8.73. The lowest BCUT2D eigenvalue weighted by Gasteiger charge is -2.38. The fourth-order valence-corrected chi connectivity index (χ4v) is 5.55. The first kappa shape index (κ1) is 28.1. The predicted octanol–water partition coefficient (Wildman–Crippen LogP) is 5.71. The zero-order valence-corrected chi connectivity index (χ0v) is 23.0. The first-order chi connectivity index (χ1) is 19.3. The quantitative estimate of drug-likeness (QED) is 0.265. The number of carbonyl (C=O) groups is 1. The SMILES string of the molecule is Cc1ccc(N(C=O)N2CCN(C)CC2)cc1C1CCN(Cc2ccc(Oc3cc(F)c(F)cc3F)cc2)CC1. The van der Waals surface area contributed by atoms with Gasteiger partial charge in [0.2, 0.25) is 6.41 Å². The molecule has 0 radical (unpaired) electrons. The summed E-state index contributed by atoms with van der Waals surface area (Å²) in [4.78, 5) is 16.7. The maximum Gasteiger partial charge on any atom is 0.228 e. The fraction of sp³-hybridized carbons (Fsp3) is 0.387. The molecule has 0 bridgehead atoms. The van der Waals surface area contributed by atoms with Crippen LogP contribution in [-0.2, 0) is 11.3 Å². The molecule has 0 aliphatic carbocycles. The smallest absolute Gasteiger partial charge is 0.228 e. The molecular formula is C31H35F3N4O2. The van der Waals surface area contributed by atoms with Crippen LogP contribution >= 0.6 is 0 Å². The lowest BCUT2D eigenvalue weighted by atomic mass is 9.86. The van der Waals surface area contributed by atoms with Gasteiger partial charge in [-0.05, 0) is 86.8 Å². The Labute approximate surface area is 233 Å². The van der Waals surface area contributed by atoms with Gasteiger partial charge >= 0.3 is 0 Å². The molecule has 212 valence electrons. The van der Waals surface area contributed by atoms with Crippen molar-refractivity contribution in [2.24, 2.45) is 0 Å². The maximum atomic E-state index is 13.9. The van der Waals surface area contributed by atoms with E-state index in [4.69, 9.17) is 4.74 Å². The third-order valence-electron chi connectivity index (χ3n) is 7.97. The number of aryl methyl sites for hydroxylation is 1. The zero-order chi connectivity index (χ0) is 28.2. The van der Waals surface area contributed by atoms with Gasteiger partial charge in [0.1, 0.15) is 5.75 Å². The van der Waals surface area contributed by atoms with Gasteiger partial charge in [-0.1, -0.05) is 18.2 Å². The molecule has 0 saturated carbocycles. The molecule has 6 nitrogen and oxygen atoms in total. The number of piperazine rings is 1. The van der Waals surface area contributed by atoms with Crippen molar-refractivity contribution in [3.8, 4) is 11.5 Å². The van der Waals surface area contributed by atoms with E-state index in [1.807, 2.05) is 18.2 Å². The Morgan fingerprint density at radius 3 is 2.23 bits per heavy atom. The van der Waals surface area contributed by atoms with Crippen LogP contribution in [-0.4, -0.2) is 67.5 Å². The number of hydrogen-bond donors (Lipinski definition) is 0. The van der Waals surface area contributed by atoms with Crippen molar-refractivity contribution in [3.05, 3.63) is 88.7 Å². The number of rotatable bonds is 8. The van der Waals surface area contributed by atoms with Crippen LogP contribution < -0.4 is 9.75 Å². The van der Waals surface area contributed by atoms with E-state index in [0.29, 0.717) is 23.8 Å². The first-order valence-corrected chi connectivity index (χ1v) is 13.7. The van der Waals surface area contributed by atoms with Gasteiger partial charge in [0, 0.05) is 44.9 Å². The second kappa shape index (κ2) is 12.4. The summed E-state index contributed by atoms with van der Waals surface area (Å²) in [5.41, 5.74) is 4.57. The van der Waals surface area contributed by atoms with Crippen molar-refractivity contribution < 1.29 is 22.7 Å². The van der Waals surface area contributed by atoms with Gasteiger partial charge in [-0.3, -0.25) is 9.69 Å². The van der Waals surface area contributed by atoms with E-state index in [-0.39, 0.29) is 5.75 Å².